The van der Waals surface area contributed by atoms with E-state index < -0.39 is 17.8 Å². The Labute approximate surface area is 197 Å². The molecule has 2 N–H and O–H groups in total. The summed E-state index contributed by atoms with van der Waals surface area (Å²) in [6, 6.07) is 13.9. The minimum absolute atomic E-state index is 0.0334. The summed E-state index contributed by atoms with van der Waals surface area (Å²) in [6.45, 7) is 3.45. The molecule has 2 amide bonds. The molecule has 0 unspecified atom stereocenters. The maximum atomic E-state index is 13.0. The van der Waals surface area contributed by atoms with Crippen LogP contribution in [0.5, 0.6) is 0 Å². The number of rotatable bonds is 3. The first-order valence-electron chi connectivity index (χ1n) is 10.1. The van der Waals surface area contributed by atoms with E-state index in [0.29, 0.717) is 33.7 Å². The number of hydrogen-bond donors (Lipinski definition) is 2. The highest BCUT2D eigenvalue weighted by Gasteiger charge is 2.31. The lowest BCUT2D eigenvalue weighted by molar-refractivity contribution is -0.137. The van der Waals surface area contributed by atoms with Gasteiger partial charge in [0.05, 0.1) is 32.9 Å². The van der Waals surface area contributed by atoms with Gasteiger partial charge in [0, 0.05) is 5.69 Å². The molecule has 4 rings (SSSR count). The second-order valence-electron chi connectivity index (χ2n) is 7.59. The average molecular weight is 487 g/mol. The summed E-state index contributed by atoms with van der Waals surface area (Å²) in [5, 5.41) is 5.37. The van der Waals surface area contributed by atoms with Crippen LogP contribution in [0.4, 0.5) is 29.3 Å². The van der Waals surface area contributed by atoms with Crippen LogP contribution in [0.15, 0.2) is 65.5 Å². The van der Waals surface area contributed by atoms with Gasteiger partial charge in [-0.1, -0.05) is 23.7 Å². The van der Waals surface area contributed by atoms with Gasteiger partial charge in [-0.05, 0) is 67.9 Å². The molecule has 0 fully saturated rings. The van der Waals surface area contributed by atoms with Crippen LogP contribution in [0.1, 0.15) is 17.0 Å². The summed E-state index contributed by atoms with van der Waals surface area (Å²) >= 11 is 5.94. The Bertz CT molecular complexity index is 1480. The van der Waals surface area contributed by atoms with Gasteiger partial charge < -0.3 is 10.6 Å². The lowest BCUT2D eigenvalue weighted by atomic mass is 10.1. The monoisotopic (exact) mass is 486 g/mol. The Hall–Kier alpha value is -3.85. The smallest absolute Gasteiger partial charge is 0.307 e. The van der Waals surface area contributed by atoms with Crippen LogP contribution in [0.2, 0.25) is 5.02 Å². The molecule has 1 aromatic heterocycles. The molecule has 34 heavy (non-hydrogen) atoms. The minimum Gasteiger partial charge on any atom is -0.307 e. The standard InChI is InChI=1S/C24H18ClF3N4O2/c1-13-11-16(32-14(2)29-20-6-4-3-5-17(20)22(32)33)8-10-19(13)30-23(34)31-21-12-15(24(26,27)28)7-9-18(21)25/h3-12H,1-2H3,(H2,30,31,34). The van der Waals surface area contributed by atoms with Gasteiger partial charge in [0.25, 0.3) is 5.56 Å². The van der Waals surface area contributed by atoms with E-state index in [-0.39, 0.29) is 16.3 Å². The number of anilines is 2. The second kappa shape index (κ2) is 8.83. The molecule has 0 aliphatic rings. The number of aryl methyl sites for hydroxylation is 2. The van der Waals surface area contributed by atoms with Crippen molar-refractivity contribution in [3.8, 4) is 5.69 Å². The minimum atomic E-state index is -4.57. The molecular weight excluding hydrogens is 469 g/mol. The van der Waals surface area contributed by atoms with Gasteiger partial charge in [0.1, 0.15) is 5.82 Å². The maximum absolute atomic E-state index is 13.0. The fourth-order valence-electron chi connectivity index (χ4n) is 3.55. The molecule has 4 aromatic rings. The Morgan fingerprint density at radius 1 is 0.971 bits per heavy atom. The summed E-state index contributed by atoms with van der Waals surface area (Å²) in [7, 11) is 0. The fourth-order valence-corrected chi connectivity index (χ4v) is 3.71. The van der Waals surface area contributed by atoms with Crippen molar-refractivity contribution in [2.75, 3.05) is 10.6 Å². The molecule has 0 aliphatic carbocycles. The molecule has 174 valence electrons. The third kappa shape index (κ3) is 4.60. The predicted octanol–water partition coefficient (Wildman–Crippen LogP) is 6.32. The fraction of sp³-hybridized carbons (Fsp3) is 0.125. The molecule has 0 bridgehead atoms. The number of aromatic nitrogens is 2. The molecule has 0 radical (unpaired) electrons. The number of nitrogens with one attached hydrogen (secondary N) is 2. The van der Waals surface area contributed by atoms with Gasteiger partial charge in [-0.15, -0.1) is 0 Å². The zero-order valence-corrected chi connectivity index (χ0v) is 18.8. The van der Waals surface area contributed by atoms with Crippen LogP contribution in [-0.2, 0) is 6.18 Å². The van der Waals surface area contributed by atoms with E-state index in [0.717, 1.165) is 18.2 Å². The van der Waals surface area contributed by atoms with E-state index in [1.165, 1.54) is 4.57 Å². The highest BCUT2D eigenvalue weighted by atomic mass is 35.5. The van der Waals surface area contributed by atoms with Crippen LogP contribution >= 0.6 is 11.6 Å². The second-order valence-corrected chi connectivity index (χ2v) is 7.99. The Morgan fingerprint density at radius 3 is 2.38 bits per heavy atom. The Kier molecular flexibility index (Phi) is 6.05. The zero-order chi connectivity index (χ0) is 24.6. The molecule has 1 heterocycles. The number of para-hydroxylation sites is 1. The number of alkyl halides is 3. The first-order chi connectivity index (χ1) is 16.0. The van der Waals surface area contributed by atoms with Crippen LogP contribution < -0.4 is 16.2 Å². The van der Waals surface area contributed by atoms with Crippen LogP contribution in [0.3, 0.4) is 0 Å². The van der Waals surface area contributed by atoms with Crippen molar-refractivity contribution in [2.45, 2.75) is 20.0 Å². The number of amides is 2. The maximum Gasteiger partial charge on any atom is 0.416 e. The zero-order valence-electron chi connectivity index (χ0n) is 18.0. The van der Waals surface area contributed by atoms with Gasteiger partial charge in [-0.3, -0.25) is 9.36 Å². The van der Waals surface area contributed by atoms with Crippen LogP contribution in [0, 0.1) is 13.8 Å². The number of urea groups is 1. The molecule has 0 aliphatic heterocycles. The van der Waals surface area contributed by atoms with Crippen molar-refractivity contribution in [2.24, 2.45) is 0 Å². The largest absolute Gasteiger partial charge is 0.416 e. The third-order valence-electron chi connectivity index (χ3n) is 5.20. The van der Waals surface area contributed by atoms with E-state index in [9.17, 15) is 22.8 Å². The highest BCUT2D eigenvalue weighted by molar-refractivity contribution is 6.33. The van der Waals surface area contributed by atoms with E-state index >= 15 is 0 Å². The molecular formula is C24H18ClF3N4O2. The third-order valence-corrected chi connectivity index (χ3v) is 5.53. The molecule has 0 saturated heterocycles. The number of fused-ring (bicyclic) bond motifs is 1. The van der Waals surface area contributed by atoms with Crippen molar-refractivity contribution in [1.29, 1.82) is 0 Å². The SMILES string of the molecule is Cc1cc(-n2c(C)nc3ccccc3c2=O)ccc1NC(=O)Nc1cc(C(F)(F)F)ccc1Cl. The molecule has 6 nitrogen and oxygen atoms in total. The number of halogens is 4. The van der Waals surface area contributed by atoms with E-state index in [1.54, 1.807) is 56.3 Å². The van der Waals surface area contributed by atoms with E-state index in [2.05, 4.69) is 15.6 Å². The summed E-state index contributed by atoms with van der Waals surface area (Å²) in [4.78, 5) is 29.9. The summed E-state index contributed by atoms with van der Waals surface area (Å²) in [5.74, 6) is 0.501. The average Bonchev–Trinajstić information content (AvgIpc) is 2.76. The summed E-state index contributed by atoms with van der Waals surface area (Å²) < 4.78 is 40.3. The van der Waals surface area contributed by atoms with Gasteiger partial charge in [-0.2, -0.15) is 13.2 Å². The number of nitrogens with zero attached hydrogens (tertiary/aromatic N) is 2. The number of carbonyl (C=O) groups excluding carboxylic acids is 1. The van der Waals surface area contributed by atoms with Gasteiger partial charge in [0.15, 0.2) is 0 Å². The lowest BCUT2D eigenvalue weighted by Gasteiger charge is -2.15. The number of carbonyl (C=O) groups is 1. The molecule has 3 aromatic carbocycles. The first kappa shape index (κ1) is 23.3. The first-order valence-corrected chi connectivity index (χ1v) is 10.5. The van der Waals surface area contributed by atoms with Gasteiger partial charge in [0.2, 0.25) is 0 Å². The van der Waals surface area contributed by atoms with Gasteiger partial charge >= 0.3 is 12.2 Å². The number of hydrogen-bond acceptors (Lipinski definition) is 3. The molecule has 0 spiro atoms. The lowest BCUT2D eigenvalue weighted by Crippen LogP contribution is -2.23. The topological polar surface area (TPSA) is 76.0 Å². The van der Waals surface area contributed by atoms with Crippen molar-refractivity contribution in [3.05, 3.63) is 93.0 Å². The Balaban J connectivity index is 1.59. The summed E-state index contributed by atoms with van der Waals surface area (Å²) in [6.07, 6.45) is -4.57. The highest BCUT2D eigenvalue weighted by Crippen LogP contribution is 2.34. The predicted molar refractivity (Wildman–Crippen MR) is 126 cm³/mol. The van der Waals surface area contributed by atoms with Crippen molar-refractivity contribution >= 4 is 39.9 Å². The Morgan fingerprint density at radius 2 is 1.68 bits per heavy atom. The molecule has 0 atom stereocenters. The van der Waals surface area contributed by atoms with Crippen LogP contribution in [-0.4, -0.2) is 15.6 Å². The molecule has 0 saturated carbocycles. The van der Waals surface area contributed by atoms with Crippen molar-refractivity contribution in [3.63, 3.8) is 0 Å². The van der Waals surface area contributed by atoms with E-state index in [4.69, 9.17) is 11.6 Å². The van der Waals surface area contributed by atoms with E-state index in [1.807, 2.05) is 0 Å². The van der Waals surface area contributed by atoms with Crippen LogP contribution in [0.25, 0.3) is 16.6 Å². The van der Waals surface area contributed by atoms with Gasteiger partial charge in [-0.25, -0.2) is 9.78 Å². The molecule has 10 heteroatoms. The van der Waals surface area contributed by atoms with Crippen molar-refractivity contribution < 1.29 is 18.0 Å². The van der Waals surface area contributed by atoms with Crippen molar-refractivity contribution in [1.82, 2.24) is 9.55 Å². The number of benzene rings is 3. The summed E-state index contributed by atoms with van der Waals surface area (Å²) in [5.41, 5.74) is 0.864. The quantitative estimate of drug-likeness (QED) is 0.356. The normalized spacial score (nSPS) is 11.5.